The van der Waals surface area contributed by atoms with Crippen molar-refractivity contribution in [3.63, 3.8) is 0 Å². The van der Waals surface area contributed by atoms with Gasteiger partial charge < -0.3 is 14.6 Å². The van der Waals surface area contributed by atoms with E-state index >= 15 is 0 Å². The van der Waals surface area contributed by atoms with E-state index in [2.05, 4.69) is 0 Å². The molecule has 0 radical (unpaired) electrons. The highest BCUT2D eigenvalue weighted by atomic mass is 16.5. The molecule has 2 rings (SSSR count). The average molecular weight is 222 g/mol. The Bertz CT molecular complexity index is 364. The van der Waals surface area contributed by atoms with E-state index in [9.17, 15) is 5.11 Å². The van der Waals surface area contributed by atoms with E-state index in [4.69, 9.17) is 9.47 Å². The second-order valence-electron chi connectivity index (χ2n) is 4.12. The Balaban J connectivity index is 2.38. The van der Waals surface area contributed by atoms with Gasteiger partial charge in [-0.1, -0.05) is 18.2 Å². The Labute approximate surface area is 96.0 Å². The Morgan fingerprint density at radius 3 is 2.88 bits per heavy atom. The van der Waals surface area contributed by atoms with Crippen LogP contribution in [0.15, 0.2) is 24.3 Å². The van der Waals surface area contributed by atoms with Crippen molar-refractivity contribution in [1.82, 2.24) is 0 Å². The average Bonchev–Trinajstić information content (AvgIpc) is 2.62. The monoisotopic (exact) mass is 222 g/mol. The normalized spacial score (nSPS) is 29.3. The second kappa shape index (κ2) is 4.44. The lowest BCUT2D eigenvalue weighted by Crippen LogP contribution is -2.33. The van der Waals surface area contributed by atoms with Crippen LogP contribution in [0, 0.1) is 0 Å². The van der Waals surface area contributed by atoms with Crippen LogP contribution < -0.4 is 4.74 Å². The quantitative estimate of drug-likeness (QED) is 0.851. The highest BCUT2D eigenvalue weighted by Crippen LogP contribution is 2.40. The lowest BCUT2D eigenvalue weighted by molar-refractivity contribution is -0.0333. The maximum absolute atomic E-state index is 10.6. The summed E-state index contributed by atoms with van der Waals surface area (Å²) in [6.07, 6.45) is 0.437. The number of aliphatic hydroxyl groups is 1. The molecule has 0 amide bonds. The van der Waals surface area contributed by atoms with Crippen LogP contribution in [0.5, 0.6) is 5.75 Å². The molecule has 1 aromatic rings. The van der Waals surface area contributed by atoms with Gasteiger partial charge in [0.2, 0.25) is 0 Å². The van der Waals surface area contributed by atoms with Crippen LogP contribution in [0.25, 0.3) is 0 Å². The summed E-state index contributed by atoms with van der Waals surface area (Å²) in [6.45, 7) is 5.03. The minimum atomic E-state index is -0.911. The Morgan fingerprint density at radius 1 is 1.50 bits per heavy atom. The smallest absolute Gasteiger partial charge is 0.125 e. The molecule has 88 valence electrons. The van der Waals surface area contributed by atoms with E-state index in [0.29, 0.717) is 19.6 Å². The van der Waals surface area contributed by atoms with Crippen molar-refractivity contribution < 1.29 is 14.6 Å². The van der Waals surface area contributed by atoms with Crippen LogP contribution in [0.2, 0.25) is 0 Å². The van der Waals surface area contributed by atoms with Gasteiger partial charge in [0, 0.05) is 12.0 Å². The van der Waals surface area contributed by atoms with E-state index in [0.717, 1.165) is 11.3 Å². The van der Waals surface area contributed by atoms with Crippen LogP contribution >= 0.6 is 0 Å². The first kappa shape index (κ1) is 11.4. The largest absolute Gasteiger partial charge is 0.493 e. The third kappa shape index (κ3) is 1.81. The minimum absolute atomic E-state index is 0.186. The maximum Gasteiger partial charge on any atom is 0.125 e. The third-order valence-corrected chi connectivity index (χ3v) is 3.18. The lowest BCUT2D eigenvalue weighted by Gasteiger charge is -2.28. The van der Waals surface area contributed by atoms with E-state index in [-0.39, 0.29) is 6.10 Å². The van der Waals surface area contributed by atoms with Crippen molar-refractivity contribution in [2.24, 2.45) is 0 Å². The van der Waals surface area contributed by atoms with Crippen molar-refractivity contribution in [2.75, 3.05) is 13.2 Å². The molecular weight excluding hydrogens is 204 g/mol. The summed E-state index contributed by atoms with van der Waals surface area (Å²) < 4.78 is 11.0. The molecule has 1 N–H and O–H groups in total. The molecule has 16 heavy (non-hydrogen) atoms. The molecule has 1 aliphatic rings. The molecular formula is C13H18O3. The number of para-hydroxylation sites is 1. The molecule has 1 fully saturated rings. The molecule has 0 spiro atoms. The van der Waals surface area contributed by atoms with Crippen LogP contribution in [0.1, 0.15) is 25.8 Å². The Morgan fingerprint density at radius 2 is 2.25 bits per heavy atom. The molecule has 1 saturated heterocycles. The van der Waals surface area contributed by atoms with Gasteiger partial charge in [-0.2, -0.15) is 0 Å². The molecule has 1 heterocycles. The fourth-order valence-electron chi connectivity index (χ4n) is 2.19. The van der Waals surface area contributed by atoms with Crippen molar-refractivity contribution in [2.45, 2.75) is 32.0 Å². The molecule has 0 aliphatic carbocycles. The van der Waals surface area contributed by atoms with Crippen LogP contribution in [0.3, 0.4) is 0 Å². The van der Waals surface area contributed by atoms with Crippen molar-refractivity contribution in [3.05, 3.63) is 29.8 Å². The van der Waals surface area contributed by atoms with Gasteiger partial charge in [-0.05, 0) is 19.9 Å². The zero-order valence-electron chi connectivity index (χ0n) is 9.77. The highest BCUT2D eigenvalue weighted by Gasteiger charge is 2.42. The number of hydrogen-bond donors (Lipinski definition) is 1. The SMILES string of the molecule is CCOc1ccccc1C1(O)CCOC1C. The molecule has 0 aromatic heterocycles. The molecule has 1 aromatic carbocycles. The maximum atomic E-state index is 10.6. The van der Waals surface area contributed by atoms with Gasteiger partial charge >= 0.3 is 0 Å². The van der Waals surface area contributed by atoms with E-state index in [1.54, 1.807) is 0 Å². The van der Waals surface area contributed by atoms with Gasteiger partial charge in [0.1, 0.15) is 11.4 Å². The molecule has 2 atom stereocenters. The molecule has 2 unspecified atom stereocenters. The predicted octanol–water partition coefficient (Wildman–Crippen LogP) is 2.08. The summed E-state index contributed by atoms with van der Waals surface area (Å²) in [4.78, 5) is 0. The molecule has 3 heteroatoms. The first-order chi connectivity index (χ1) is 7.68. The first-order valence-corrected chi connectivity index (χ1v) is 5.74. The summed E-state index contributed by atoms with van der Waals surface area (Å²) in [5.74, 6) is 0.754. The fourth-order valence-corrected chi connectivity index (χ4v) is 2.19. The molecule has 1 aliphatic heterocycles. The van der Waals surface area contributed by atoms with Gasteiger partial charge in [-0.25, -0.2) is 0 Å². The van der Waals surface area contributed by atoms with Gasteiger partial charge in [0.15, 0.2) is 0 Å². The standard InChI is InChI=1S/C13H18O3/c1-3-15-12-7-5-4-6-11(12)13(14)8-9-16-10(13)2/h4-7,10,14H,3,8-9H2,1-2H3. The highest BCUT2D eigenvalue weighted by molar-refractivity contribution is 5.39. The Hall–Kier alpha value is -1.06. The summed E-state index contributed by atoms with van der Waals surface area (Å²) in [6, 6.07) is 7.64. The summed E-state index contributed by atoms with van der Waals surface area (Å²) >= 11 is 0. The van der Waals surface area contributed by atoms with Crippen LogP contribution in [0.4, 0.5) is 0 Å². The van der Waals surface area contributed by atoms with E-state index < -0.39 is 5.60 Å². The zero-order chi connectivity index (χ0) is 11.6. The van der Waals surface area contributed by atoms with Crippen LogP contribution in [-0.4, -0.2) is 24.4 Å². The van der Waals surface area contributed by atoms with Crippen molar-refractivity contribution >= 4 is 0 Å². The van der Waals surface area contributed by atoms with Gasteiger partial charge in [0.05, 0.1) is 19.3 Å². The van der Waals surface area contributed by atoms with E-state index in [1.165, 1.54) is 0 Å². The van der Waals surface area contributed by atoms with Gasteiger partial charge in [-0.15, -0.1) is 0 Å². The summed E-state index contributed by atoms with van der Waals surface area (Å²) in [5.41, 5.74) is -0.0759. The lowest BCUT2D eigenvalue weighted by atomic mass is 9.87. The molecule has 0 bridgehead atoms. The second-order valence-corrected chi connectivity index (χ2v) is 4.12. The number of benzene rings is 1. The predicted molar refractivity (Wildman–Crippen MR) is 61.5 cm³/mol. The molecule has 3 nitrogen and oxygen atoms in total. The topological polar surface area (TPSA) is 38.7 Å². The minimum Gasteiger partial charge on any atom is -0.493 e. The van der Waals surface area contributed by atoms with Crippen molar-refractivity contribution in [1.29, 1.82) is 0 Å². The molecule has 0 saturated carbocycles. The summed E-state index contributed by atoms with van der Waals surface area (Å²) in [7, 11) is 0. The summed E-state index contributed by atoms with van der Waals surface area (Å²) in [5, 5.41) is 10.6. The fraction of sp³-hybridized carbons (Fsp3) is 0.538. The number of ether oxygens (including phenoxy) is 2. The van der Waals surface area contributed by atoms with Gasteiger partial charge in [0.25, 0.3) is 0 Å². The number of rotatable bonds is 3. The van der Waals surface area contributed by atoms with Crippen molar-refractivity contribution in [3.8, 4) is 5.75 Å². The third-order valence-electron chi connectivity index (χ3n) is 3.18. The zero-order valence-corrected chi connectivity index (χ0v) is 9.77. The Kier molecular flexibility index (Phi) is 3.17. The van der Waals surface area contributed by atoms with E-state index in [1.807, 2.05) is 38.1 Å². The number of hydrogen-bond acceptors (Lipinski definition) is 3. The first-order valence-electron chi connectivity index (χ1n) is 5.74. The van der Waals surface area contributed by atoms with Gasteiger partial charge in [-0.3, -0.25) is 0 Å². The van der Waals surface area contributed by atoms with Crippen LogP contribution in [-0.2, 0) is 10.3 Å².